The minimum absolute atomic E-state index is 0.408. The molecule has 0 atom stereocenters. The van der Waals surface area contributed by atoms with Gasteiger partial charge in [0, 0.05) is 7.11 Å². The maximum absolute atomic E-state index is 5.26. The monoisotopic (exact) mass is 259 g/mol. The molecule has 3 aromatic rings. The first-order valence-corrected chi connectivity index (χ1v) is 5.79. The molecular formula is C12H13N5O2. The second-order valence-electron chi connectivity index (χ2n) is 3.96. The maximum Gasteiger partial charge on any atom is 0.167 e. The molecule has 3 rings (SSSR count). The van der Waals surface area contributed by atoms with Gasteiger partial charge in [-0.3, -0.25) is 4.57 Å². The summed E-state index contributed by atoms with van der Waals surface area (Å²) in [6.07, 6.45) is 4.82. The number of furan rings is 1. The lowest BCUT2D eigenvalue weighted by molar-refractivity contribution is 0.134. The highest BCUT2D eigenvalue weighted by molar-refractivity contribution is 5.82. The summed E-state index contributed by atoms with van der Waals surface area (Å²) in [4.78, 5) is 12.7. The van der Waals surface area contributed by atoms with E-state index in [1.807, 2.05) is 16.7 Å². The topological polar surface area (TPSA) is 78.0 Å². The molecule has 98 valence electrons. The second kappa shape index (κ2) is 5.07. The van der Waals surface area contributed by atoms with E-state index in [-0.39, 0.29) is 0 Å². The molecule has 0 saturated heterocycles. The van der Waals surface area contributed by atoms with Crippen molar-refractivity contribution in [3.05, 3.63) is 36.8 Å². The third-order valence-electron chi connectivity index (χ3n) is 2.68. The molecule has 7 nitrogen and oxygen atoms in total. The molecule has 0 amide bonds. The Hall–Kier alpha value is -2.41. The van der Waals surface area contributed by atoms with Crippen LogP contribution in [-0.2, 0) is 18.0 Å². The summed E-state index contributed by atoms with van der Waals surface area (Å²) < 4.78 is 12.2. The maximum atomic E-state index is 5.26. The molecule has 0 spiro atoms. The average molecular weight is 259 g/mol. The highest BCUT2D eigenvalue weighted by atomic mass is 16.5. The molecule has 19 heavy (non-hydrogen) atoms. The van der Waals surface area contributed by atoms with Gasteiger partial charge in [0.05, 0.1) is 19.1 Å². The van der Waals surface area contributed by atoms with Crippen molar-refractivity contribution in [1.29, 1.82) is 0 Å². The molecule has 0 unspecified atom stereocenters. The van der Waals surface area contributed by atoms with Gasteiger partial charge in [0.15, 0.2) is 17.0 Å². The first kappa shape index (κ1) is 11.7. The van der Waals surface area contributed by atoms with Crippen molar-refractivity contribution in [3.63, 3.8) is 0 Å². The van der Waals surface area contributed by atoms with E-state index in [2.05, 4.69) is 20.3 Å². The van der Waals surface area contributed by atoms with Crippen LogP contribution in [0, 0.1) is 0 Å². The molecular weight excluding hydrogens is 246 g/mol. The van der Waals surface area contributed by atoms with Gasteiger partial charge in [0.25, 0.3) is 0 Å². The van der Waals surface area contributed by atoms with Crippen LogP contribution in [0.1, 0.15) is 5.76 Å². The van der Waals surface area contributed by atoms with Gasteiger partial charge < -0.3 is 14.5 Å². The van der Waals surface area contributed by atoms with Crippen LogP contribution in [0.2, 0.25) is 0 Å². The molecule has 0 aliphatic heterocycles. The van der Waals surface area contributed by atoms with E-state index in [0.717, 1.165) is 11.4 Å². The summed E-state index contributed by atoms with van der Waals surface area (Å²) in [7, 11) is 1.63. The number of aromatic nitrogens is 4. The van der Waals surface area contributed by atoms with Gasteiger partial charge in [-0.05, 0) is 12.1 Å². The van der Waals surface area contributed by atoms with E-state index in [0.29, 0.717) is 24.6 Å². The third-order valence-corrected chi connectivity index (χ3v) is 2.68. The van der Waals surface area contributed by atoms with Gasteiger partial charge in [-0.15, -0.1) is 0 Å². The Bertz CT molecular complexity index is 662. The van der Waals surface area contributed by atoms with Gasteiger partial charge in [-0.1, -0.05) is 0 Å². The number of fused-ring (bicyclic) bond motifs is 1. The fourth-order valence-electron chi connectivity index (χ4n) is 1.83. The fraction of sp³-hybridized carbons (Fsp3) is 0.250. The summed E-state index contributed by atoms with van der Waals surface area (Å²) >= 11 is 0. The lowest BCUT2D eigenvalue weighted by Gasteiger charge is -2.04. The van der Waals surface area contributed by atoms with Crippen LogP contribution in [-0.4, -0.2) is 26.6 Å². The molecule has 3 heterocycles. The number of imidazole rings is 1. The zero-order valence-electron chi connectivity index (χ0n) is 10.4. The fourth-order valence-corrected chi connectivity index (χ4v) is 1.83. The highest BCUT2D eigenvalue weighted by Crippen LogP contribution is 2.18. The Kier molecular flexibility index (Phi) is 3.11. The number of methoxy groups -OCH3 is 1. The zero-order valence-corrected chi connectivity index (χ0v) is 10.4. The van der Waals surface area contributed by atoms with Gasteiger partial charge in [-0.25, -0.2) is 15.0 Å². The summed E-state index contributed by atoms with van der Waals surface area (Å²) in [5, 5.41) is 3.18. The van der Waals surface area contributed by atoms with Crippen LogP contribution >= 0.6 is 0 Å². The third kappa shape index (κ3) is 2.27. The molecule has 0 aliphatic rings. The van der Waals surface area contributed by atoms with Gasteiger partial charge in [0.2, 0.25) is 0 Å². The van der Waals surface area contributed by atoms with Crippen molar-refractivity contribution in [2.45, 2.75) is 13.3 Å². The Morgan fingerprint density at radius 2 is 2.32 bits per heavy atom. The van der Waals surface area contributed by atoms with E-state index in [1.54, 1.807) is 19.7 Å². The predicted molar refractivity (Wildman–Crippen MR) is 68.4 cm³/mol. The number of hydrogen-bond acceptors (Lipinski definition) is 6. The summed E-state index contributed by atoms with van der Waals surface area (Å²) in [5.41, 5.74) is 1.45. The van der Waals surface area contributed by atoms with Crippen LogP contribution < -0.4 is 5.32 Å². The van der Waals surface area contributed by atoms with Crippen molar-refractivity contribution in [1.82, 2.24) is 19.5 Å². The molecule has 3 aromatic heterocycles. The molecule has 0 aromatic carbocycles. The minimum Gasteiger partial charge on any atom is -0.467 e. The zero-order chi connectivity index (χ0) is 13.1. The minimum atomic E-state index is 0.408. The van der Waals surface area contributed by atoms with E-state index in [9.17, 15) is 0 Å². The summed E-state index contributed by atoms with van der Waals surface area (Å²) in [5.74, 6) is 1.51. The van der Waals surface area contributed by atoms with E-state index >= 15 is 0 Å². The van der Waals surface area contributed by atoms with Gasteiger partial charge in [0.1, 0.15) is 18.8 Å². The molecule has 0 radical (unpaired) electrons. The first-order chi connectivity index (χ1) is 9.38. The summed E-state index contributed by atoms with van der Waals surface area (Å²) in [6, 6.07) is 3.74. The molecule has 0 bridgehead atoms. The number of nitrogens with zero attached hydrogens (tertiary/aromatic N) is 4. The molecule has 0 fully saturated rings. The van der Waals surface area contributed by atoms with Crippen LogP contribution in [0.5, 0.6) is 0 Å². The predicted octanol–water partition coefficient (Wildman–Crippen LogP) is 1.64. The average Bonchev–Trinajstić information content (AvgIpc) is 3.07. The normalized spacial score (nSPS) is 11.0. The number of anilines is 1. The number of rotatable bonds is 5. The lowest BCUT2D eigenvalue weighted by atomic mass is 10.4. The summed E-state index contributed by atoms with van der Waals surface area (Å²) in [6.45, 7) is 0.960. The van der Waals surface area contributed by atoms with Crippen LogP contribution in [0.3, 0.4) is 0 Å². The Morgan fingerprint density at radius 1 is 1.37 bits per heavy atom. The van der Waals surface area contributed by atoms with Gasteiger partial charge in [-0.2, -0.15) is 0 Å². The van der Waals surface area contributed by atoms with Crippen molar-refractivity contribution < 1.29 is 9.15 Å². The van der Waals surface area contributed by atoms with Crippen molar-refractivity contribution in [3.8, 4) is 0 Å². The highest BCUT2D eigenvalue weighted by Gasteiger charge is 2.09. The van der Waals surface area contributed by atoms with Crippen molar-refractivity contribution in [2.75, 3.05) is 12.4 Å². The molecule has 7 heteroatoms. The second-order valence-corrected chi connectivity index (χ2v) is 3.96. The molecule has 0 aliphatic carbocycles. The lowest BCUT2D eigenvalue weighted by Crippen LogP contribution is -2.03. The SMILES string of the molecule is COCn1cnc2c(NCc3ccco3)ncnc21. The Balaban J connectivity index is 1.87. The standard InChI is InChI=1S/C12H13N5O2/c1-18-8-17-7-16-10-11(14-6-15-12(10)17)13-5-9-3-2-4-19-9/h2-4,6-7H,5,8H2,1H3,(H,13,14,15). The smallest absolute Gasteiger partial charge is 0.167 e. The number of hydrogen-bond donors (Lipinski definition) is 1. The largest absolute Gasteiger partial charge is 0.467 e. The Morgan fingerprint density at radius 3 is 3.11 bits per heavy atom. The number of nitrogens with one attached hydrogen (secondary N) is 1. The van der Waals surface area contributed by atoms with Gasteiger partial charge >= 0.3 is 0 Å². The van der Waals surface area contributed by atoms with Crippen molar-refractivity contribution >= 4 is 17.0 Å². The van der Waals surface area contributed by atoms with E-state index < -0.39 is 0 Å². The molecule has 1 N–H and O–H groups in total. The Labute approximate surface area is 109 Å². The van der Waals surface area contributed by atoms with E-state index in [4.69, 9.17) is 9.15 Å². The molecule has 0 saturated carbocycles. The number of ether oxygens (including phenoxy) is 1. The quantitative estimate of drug-likeness (QED) is 0.750. The van der Waals surface area contributed by atoms with Crippen LogP contribution in [0.25, 0.3) is 11.2 Å². The first-order valence-electron chi connectivity index (χ1n) is 5.79. The van der Waals surface area contributed by atoms with Crippen LogP contribution in [0.15, 0.2) is 35.5 Å². The van der Waals surface area contributed by atoms with Crippen molar-refractivity contribution in [2.24, 2.45) is 0 Å². The van der Waals surface area contributed by atoms with Crippen LogP contribution in [0.4, 0.5) is 5.82 Å². The van der Waals surface area contributed by atoms with E-state index in [1.165, 1.54) is 6.33 Å².